The third kappa shape index (κ3) is 3.06. The molecule has 0 spiro atoms. The van der Waals surface area contributed by atoms with E-state index >= 15 is 0 Å². The van der Waals surface area contributed by atoms with E-state index in [2.05, 4.69) is 11.2 Å². The van der Waals surface area contributed by atoms with Gasteiger partial charge in [-0.25, -0.2) is 0 Å². The van der Waals surface area contributed by atoms with E-state index in [1.807, 2.05) is 0 Å². The highest BCUT2D eigenvalue weighted by Crippen LogP contribution is 2.34. The molecule has 22 heavy (non-hydrogen) atoms. The van der Waals surface area contributed by atoms with Crippen LogP contribution in [0.15, 0.2) is 28.3 Å². The van der Waals surface area contributed by atoms with E-state index in [4.69, 9.17) is 29.6 Å². The molecular formula is C16H11Cl2NO3. The summed E-state index contributed by atoms with van der Waals surface area (Å²) in [6, 6.07) is 4.56. The molecule has 1 amide bonds. The minimum absolute atomic E-state index is 0.0622. The molecule has 1 aromatic carbocycles. The van der Waals surface area contributed by atoms with Crippen molar-refractivity contribution in [1.29, 1.82) is 0 Å². The van der Waals surface area contributed by atoms with Crippen molar-refractivity contribution in [2.75, 3.05) is 5.32 Å². The number of carbonyl (C=O) groups excluding carboxylic acids is 3. The highest BCUT2D eigenvalue weighted by molar-refractivity contribution is 6.59. The zero-order valence-corrected chi connectivity index (χ0v) is 12.9. The molecule has 0 atom stereocenters. The highest BCUT2D eigenvalue weighted by Gasteiger charge is 2.32. The van der Waals surface area contributed by atoms with Crippen molar-refractivity contribution < 1.29 is 14.4 Å². The number of carbonyl (C=O) groups is 3. The molecule has 0 aromatic heterocycles. The Hall–Kier alpha value is -2.09. The van der Waals surface area contributed by atoms with Crippen molar-refractivity contribution in [3.8, 4) is 12.3 Å². The number of amides is 1. The molecule has 6 heteroatoms. The van der Waals surface area contributed by atoms with Gasteiger partial charge < -0.3 is 5.32 Å². The molecule has 0 fully saturated rings. The molecule has 0 saturated carbocycles. The number of ketones is 2. The number of anilines is 1. The number of benzene rings is 1. The van der Waals surface area contributed by atoms with Gasteiger partial charge in [0.25, 0.3) is 0 Å². The Bertz CT molecular complexity index is 744. The Balaban J connectivity index is 2.32. The van der Waals surface area contributed by atoms with Gasteiger partial charge in [0.2, 0.25) is 17.5 Å². The summed E-state index contributed by atoms with van der Waals surface area (Å²) in [5, 5.41) is 1.96. The van der Waals surface area contributed by atoms with Gasteiger partial charge in [-0.1, -0.05) is 35.3 Å². The normalized spacial score (nSPS) is 13.7. The van der Waals surface area contributed by atoms with E-state index in [-0.39, 0.29) is 39.2 Å². The van der Waals surface area contributed by atoms with Gasteiger partial charge >= 0.3 is 0 Å². The molecule has 0 bridgehead atoms. The summed E-state index contributed by atoms with van der Waals surface area (Å²) in [6.07, 6.45) is 6.37. The molecule has 1 aliphatic rings. The molecule has 2 rings (SSSR count). The lowest BCUT2D eigenvalue weighted by Gasteiger charge is -2.18. The quantitative estimate of drug-likeness (QED) is 0.676. The molecule has 0 unspecified atom stereocenters. The minimum Gasteiger partial charge on any atom is -0.325 e. The standard InChI is InChI=1S/C16H11Cl2NO3/c1-2-3-4-8-11(20)19-10-7-5-6-9-12(10)16(22)14(18)13(17)15(9)21/h1,5-7H,3-4,8H2,(H,19,20). The van der Waals surface area contributed by atoms with Crippen LogP contribution < -0.4 is 5.32 Å². The maximum absolute atomic E-state index is 12.2. The van der Waals surface area contributed by atoms with E-state index in [9.17, 15) is 14.4 Å². The Morgan fingerprint density at radius 1 is 1.18 bits per heavy atom. The SMILES string of the molecule is C#CCCCC(=O)Nc1cccc2c1C(=O)C(Cl)=C(Cl)C2=O. The largest absolute Gasteiger partial charge is 0.325 e. The minimum atomic E-state index is -0.583. The highest BCUT2D eigenvalue weighted by atomic mass is 35.5. The summed E-state index contributed by atoms with van der Waals surface area (Å²) in [5.74, 6) is 1.03. The number of fused-ring (bicyclic) bond motifs is 1. The predicted molar refractivity (Wildman–Crippen MR) is 85.1 cm³/mol. The van der Waals surface area contributed by atoms with E-state index in [0.29, 0.717) is 12.8 Å². The van der Waals surface area contributed by atoms with Crippen LogP contribution in [0.25, 0.3) is 0 Å². The molecule has 0 heterocycles. The molecule has 0 saturated heterocycles. The molecule has 0 radical (unpaired) electrons. The van der Waals surface area contributed by atoms with Gasteiger partial charge in [0.15, 0.2) is 0 Å². The molecule has 4 nitrogen and oxygen atoms in total. The molecular weight excluding hydrogens is 325 g/mol. The van der Waals surface area contributed by atoms with Gasteiger partial charge in [-0.05, 0) is 12.5 Å². The van der Waals surface area contributed by atoms with Crippen LogP contribution in [0.3, 0.4) is 0 Å². The Morgan fingerprint density at radius 3 is 2.55 bits per heavy atom. The number of allylic oxidation sites excluding steroid dienone is 2. The van der Waals surface area contributed by atoms with Crippen molar-refractivity contribution in [3.05, 3.63) is 39.4 Å². The lowest BCUT2D eigenvalue weighted by Crippen LogP contribution is -2.21. The first-order valence-electron chi connectivity index (χ1n) is 6.48. The van der Waals surface area contributed by atoms with Crippen LogP contribution in [-0.2, 0) is 4.79 Å². The van der Waals surface area contributed by atoms with Gasteiger partial charge in [0, 0.05) is 18.4 Å². The van der Waals surface area contributed by atoms with E-state index in [1.165, 1.54) is 12.1 Å². The number of nitrogens with one attached hydrogen (secondary N) is 1. The number of unbranched alkanes of at least 4 members (excludes halogenated alkanes) is 1. The van der Waals surface area contributed by atoms with Gasteiger partial charge in [0.05, 0.1) is 11.3 Å². The van der Waals surface area contributed by atoms with Crippen molar-refractivity contribution in [2.45, 2.75) is 19.3 Å². The van der Waals surface area contributed by atoms with Crippen LogP contribution in [0.2, 0.25) is 0 Å². The van der Waals surface area contributed by atoms with Crippen LogP contribution in [0.4, 0.5) is 5.69 Å². The lowest BCUT2D eigenvalue weighted by molar-refractivity contribution is -0.116. The number of hydrogen-bond acceptors (Lipinski definition) is 3. The van der Waals surface area contributed by atoms with Crippen LogP contribution in [0, 0.1) is 12.3 Å². The second-order valence-corrected chi connectivity index (χ2v) is 5.38. The van der Waals surface area contributed by atoms with Gasteiger partial charge in [-0.15, -0.1) is 12.3 Å². The van der Waals surface area contributed by atoms with Gasteiger partial charge in [-0.3, -0.25) is 14.4 Å². The summed E-state index contributed by atoms with van der Waals surface area (Å²) >= 11 is 11.5. The number of rotatable bonds is 4. The van der Waals surface area contributed by atoms with Gasteiger partial charge in [-0.2, -0.15) is 0 Å². The van der Waals surface area contributed by atoms with Crippen LogP contribution in [-0.4, -0.2) is 17.5 Å². The zero-order valence-electron chi connectivity index (χ0n) is 11.4. The van der Waals surface area contributed by atoms with Crippen LogP contribution in [0.1, 0.15) is 40.0 Å². The second kappa shape index (κ2) is 6.78. The maximum atomic E-state index is 12.2. The first-order chi connectivity index (χ1) is 10.5. The zero-order chi connectivity index (χ0) is 16.3. The molecule has 0 aliphatic heterocycles. The van der Waals surface area contributed by atoms with Crippen molar-refractivity contribution in [1.82, 2.24) is 0 Å². The van der Waals surface area contributed by atoms with Crippen LogP contribution >= 0.6 is 23.2 Å². The van der Waals surface area contributed by atoms with E-state index < -0.39 is 11.6 Å². The fraction of sp³-hybridized carbons (Fsp3) is 0.188. The summed E-state index contributed by atoms with van der Waals surface area (Å²) in [6.45, 7) is 0. The number of halogens is 2. The first-order valence-corrected chi connectivity index (χ1v) is 7.24. The molecule has 1 aliphatic carbocycles. The fourth-order valence-electron chi connectivity index (χ4n) is 2.08. The number of terminal acetylenes is 1. The smallest absolute Gasteiger partial charge is 0.224 e. The van der Waals surface area contributed by atoms with E-state index in [0.717, 1.165) is 0 Å². The average Bonchev–Trinajstić information content (AvgIpc) is 2.51. The summed E-state index contributed by atoms with van der Waals surface area (Å²) in [4.78, 5) is 36.2. The molecule has 112 valence electrons. The number of Topliss-reactive ketones (excluding diaryl/α,β-unsaturated/α-hetero) is 2. The Labute approximate surface area is 137 Å². The van der Waals surface area contributed by atoms with Gasteiger partial charge in [0.1, 0.15) is 10.1 Å². The predicted octanol–water partition coefficient (Wildman–Crippen LogP) is 3.50. The first kappa shape index (κ1) is 16.3. The summed E-state index contributed by atoms with van der Waals surface area (Å²) in [5.41, 5.74) is 0.428. The lowest BCUT2D eigenvalue weighted by atomic mass is 9.92. The van der Waals surface area contributed by atoms with Crippen LogP contribution in [0.5, 0.6) is 0 Å². The molecule has 1 aromatic rings. The molecule has 1 N–H and O–H groups in total. The van der Waals surface area contributed by atoms with Crippen molar-refractivity contribution in [3.63, 3.8) is 0 Å². The third-order valence-corrected chi connectivity index (χ3v) is 3.94. The summed E-state index contributed by atoms with van der Waals surface area (Å²) in [7, 11) is 0. The van der Waals surface area contributed by atoms with E-state index in [1.54, 1.807) is 6.07 Å². The second-order valence-electron chi connectivity index (χ2n) is 4.62. The monoisotopic (exact) mass is 335 g/mol. The third-order valence-electron chi connectivity index (χ3n) is 3.13. The average molecular weight is 336 g/mol. The van der Waals surface area contributed by atoms with Crippen molar-refractivity contribution in [2.24, 2.45) is 0 Å². The van der Waals surface area contributed by atoms with Crippen molar-refractivity contribution >= 4 is 46.4 Å². The Morgan fingerprint density at radius 2 is 1.86 bits per heavy atom. The summed E-state index contributed by atoms with van der Waals surface area (Å²) < 4.78 is 0. The Kier molecular flexibility index (Phi) is 5.02. The number of hydrogen-bond donors (Lipinski definition) is 1. The maximum Gasteiger partial charge on any atom is 0.224 e. The fourth-order valence-corrected chi connectivity index (χ4v) is 2.45. The topological polar surface area (TPSA) is 63.2 Å².